The van der Waals surface area contributed by atoms with E-state index in [1.165, 1.54) is 18.5 Å². The SMILES string of the molecule is CC(C1CC1)n1cncc1C1CN(C(=O)OC(C)(C)C)C1. The Kier molecular flexibility index (Phi) is 3.46. The summed E-state index contributed by atoms with van der Waals surface area (Å²) in [6.45, 7) is 9.43. The Bertz CT molecular complexity index is 522. The van der Waals surface area contributed by atoms with Crippen molar-refractivity contribution < 1.29 is 9.53 Å². The summed E-state index contributed by atoms with van der Waals surface area (Å²) in [5.41, 5.74) is 0.832. The fraction of sp³-hybridized carbons (Fsp3) is 0.750. The zero-order chi connectivity index (χ0) is 15.2. The molecule has 1 amide bonds. The van der Waals surface area contributed by atoms with Crippen molar-refractivity contribution >= 4 is 6.09 Å². The Morgan fingerprint density at radius 3 is 2.62 bits per heavy atom. The molecular formula is C16H25N3O2. The molecule has 2 heterocycles. The first-order chi connectivity index (χ1) is 9.85. The Labute approximate surface area is 126 Å². The normalized spacial score (nSPS) is 21.0. The lowest BCUT2D eigenvalue weighted by Crippen LogP contribution is -2.50. The number of carbonyl (C=O) groups excluding carboxylic acids is 1. The largest absolute Gasteiger partial charge is 0.444 e. The Balaban J connectivity index is 1.59. The van der Waals surface area contributed by atoms with Gasteiger partial charge in [-0.15, -0.1) is 0 Å². The zero-order valence-corrected chi connectivity index (χ0v) is 13.4. The lowest BCUT2D eigenvalue weighted by molar-refractivity contribution is 0.00748. The van der Waals surface area contributed by atoms with E-state index in [-0.39, 0.29) is 6.09 Å². The first-order valence-corrected chi connectivity index (χ1v) is 7.85. The molecule has 2 aliphatic rings. The number of rotatable bonds is 3. The van der Waals surface area contributed by atoms with Gasteiger partial charge in [-0.05, 0) is 46.5 Å². The molecular weight excluding hydrogens is 266 g/mol. The molecule has 0 aromatic carbocycles. The van der Waals surface area contributed by atoms with Gasteiger partial charge in [-0.25, -0.2) is 9.78 Å². The van der Waals surface area contributed by atoms with Crippen LogP contribution >= 0.6 is 0 Å². The quantitative estimate of drug-likeness (QED) is 0.859. The van der Waals surface area contributed by atoms with Gasteiger partial charge in [-0.1, -0.05) is 0 Å². The van der Waals surface area contributed by atoms with E-state index in [9.17, 15) is 4.79 Å². The third-order valence-electron chi connectivity index (χ3n) is 4.39. The van der Waals surface area contributed by atoms with Gasteiger partial charge in [0.05, 0.1) is 6.33 Å². The molecule has 1 aliphatic carbocycles. The Hall–Kier alpha value is -1.52. The molecule has 1 saturated heterocycles. The number of hydrogen-bond acceptors (Lipinski definition) is 3. The van der Waals surface area contributed by atoms with E-state index < -0.39 is 5.60 Å². The summed E-state index contributed by atoms with van der Waals surface area (Å²) in [7, 11) is 0. The van der Waals surface area contributed by atoms with Gasteiger partial charge in [0.25, 0.3) is 0 Å². The third-order valence-corrected chi connectivity index (χ3v) is 4.39. The van der Waals surface area contributed by atoms with Crippen molar-refractivity contribution in [3.05, 3.63) is 18.2 Å². The van der Waals surface area contributed by atoms with Gasteiger partial charge >= 0.3 is 6.09 Å². The zero-order valence-electron chi connectivity index (χ0n) is 13.4. The standard InChI is InChI=1S/C16H25N3O2/c1-11(12-5-6-12)19-10-17-7-14(19)13-8-18(9-13)15(20)21-16(2,3)4/h7,10-13H,5-6,8-9H2,1-4H3. The highest BCUT2D eigenvalue weighted by Gasteiger charge is 2.38. The fourth-order valence-corrected chi connectivity index (χ4v) is 2.92. The lowest BCUT2D eigenvalue weighted by Gasteiger charge is -2.40. The minimum atomic E-state index is -0.426. The first kappa shape index (κ1) is 14.4. The van der Waals surface area contributed by atoms with Crippen LogP contribution in [0.2, 0.25) is 0 Å². The van der Waals surface area contributed by atoms with E-state index in [0.717, 1.165) is 19.0 Å². The van der Waals surface area contributed by atoms with Gasteiger partial charge in [-0.3, -0.25) is 0 Å². The number of likely N-dealkylation sites (tertiary alicyclic amines) is 1. The molecule has 1 aromatic rings. The molecule has 0 radical (unpaired) electrons. The molecule has 1 aliphatic heterocycles. The Morgan fingerprint density at radius 2 is 2.05 bits per heavy atom. The van der Waals surface area contributed by atoms with Crippen LogP contribution in [0.5, 0.6) is 0 Å². The molecule has 116 valence electrons. The number of carbonyl (C=O) groups is 1. The van der Waals surface area contributed by atoms with Gasteiger partial charge in [0.15, 0.2) is 0 Å². The summed E-state index contributed by atoms with van der Waals surface area (Å²) in [6, 6.07) is 0.526. The van der Waals surface area contributed by atoms with Crippen molar-refractivity contribution in [1.82, 2.24) is 14.5 Å². The van der Waals surface area contributed by atoms with Crippen LogP contribution in [0, 0.1) is 5.92 Å². The summed E-state index contributed by atoms with van der Waals surface area (Å²) in [5.74, 6) is 1.20. The highest BCUT2D eigenvalue weighted by atomic mass is 16.6. The number of imidazole rings is 1. The van der Waals surface area contributed by atoms with Crippen molar-refractivity contribution in [1.29, 1.82) is 0 Å². The van der Waals surface area contributed by atoms with Gasteiger partial charge in [0.2, 0.25) is 0 Å². The molecule has 5 heteroatoms. The molecule has 0 N–H and O–H groups in total. The van der Waals surface area contributed by atoms with Crippen LogP contribution in [-0.4, -0.2) is 39.2 Å². The predicted octanol–water partition coefficient (Wildman–Crippen LogP) is 3.19. The van der Waals surface area contributed by atoms with E-state index >= 15 is 0 Å². The second-order valence-electron chi connectivity index (χ2n) is 7.39. The van der Waals surface area contributed by atoms with E-state index in [0.29, 0.717) is 12.0 Å². The van der Waals surface area contributed by atoms with E-state index in [4.69, 9.17) is 4.74 Å². The van der Waals surface area contributed by atoms with Crippen molar-refractivity contribution in [2.75, 3.05) is 13.1 Å². The van der Waals surface area contributed by atoms with Crippen LogP contribution in [0.25, 0.3) is 0 Å². The summed E-state index contributed by atoms with van der Waals surface area (Å²) in [6.07, 6.45) is 6.34. The van der Waals surface area contributed by atoms with E-state index in [1.54, 1.807) is 4.90 Å². The molecule has 0 spiro atoms. The monoisotopic (exact) mass is 291 g/mol. The second-order valence-corrected chi connectivity index (χ2v) is 7.39. The second kappa shape index (κ2) is 5.04. The predicted molar refractivity (Wildman–Crippen MR) is 80.2 cm³/mol. The number of amides is 1. The molecule has 1 atom stereocenters. The molecule has 1 saturated carbocycles. The molecule has 1 aromatic heterocycles. The van der Waals surface area contributed by atoms with Crippen molar-refractivity contribution in [3.8, 4) is 0 Å². The lowest BCUT2D eigenvalue weighted by atomic mass is 9.96. The number of nitrogens with zero attached hydrogens (tertiary/aromatic N) is 3. The molecule has 1 unspecified atom stereocenters. The van der Waals surface area contributed by atoms with Crippen LogP contribution < -0.4 is 0 Å². The van der Waals surface area contributed by atoms with Crippen LogP contribution in [0.3, 0.4) is 0 Å². The summed E-state index contributed by atoms with van der Waals surface area (Å²) in [4.78, 5) is 18.1. The van der Waals surface area contributed by atoms with Crippen LogP contribution in [0.15, 0.2) is 12.5 Å². The van der Waals surface area contributed by atoms with Gasteiger partial charge in [0, 0.05) is 36.9 Å². The van der Waals surface area contributed by atoms with Gasteiger partial charge < -0.3 is 14.2 Å². The van der Waals surface area contributed by atoms with Crippen LogP contribution in [-0.2, 0) is 4.74 Å². The summed E-state index contributed by atoms with van der Waals surface area (Å²) in [5, 5.41) is 0. The average Bonchev–Trinajstić information content (AvgIpc) is 3.04. The highest BCUT2D eigenvalue weighted by Crippen LogP contribution is 2.41. The van der Waals surface area contributed by atoms with E-state index in [2.05, 4.69) is 16.5 Å². The van der Waals surface area contributed by atoms with Crippen molar-refractivity contribution in [2.45, 2.75) is 58.1 Å². The molecule has 21 heavy (non-hydrogen) atoms. The highest BCUT2D eigenvalue weighted by molar-refractivity contribution is 5.69. The topological polar surface area (TPSA) is 47.4 Å². The van der Waals surface area contributed by atoms with Gasteiger partial charge in [-0.2, -0.15) is 0 Å². The molecule has 0 bridgehead atoms. The number of ether oxygens (including phenoxy) is 1. The smallest absolute Gasteiger partial charge is 0.410 e. The summed E-state index contributed by atoms with van der Waals surface area (Å²) >= 11 is 0. The first-order valence-electron chi connectivity index (χ1n) is 7.85. The van der Waals surface area contributed by atoms with E-state index in [1.807, 2.05) is 33.3 Å². The number of hydrogen-bond donors (Lipinski definition) is 0. The maximum Gasteiger partial charge on any atom is 0.410 e. The maximum absolute atomic E-state index is 12.0. The molecule has 2 fully saturated rings. The minimum Gasteiger partial charge on any atom is -0.444 e. The van der Waals surface area contributed by atoms with Crippen LogP contribution in [0.4, 0.5) is 4.79 Å². The number of aromatic nitrogens is 2. The maximum atomic E-state index is 12.0. The van der Waals surface area contributed by atoms with Crippen LogP contribution in [0.1, 0.15) is 58.2 Å². The molecule has 3 rings (SSSR count). The third kappa shape index (κ3) is 3.06. The minimum absolute atomic E-state index is 0.208. The average molecular weight is 291 g/mol. The van der Waals surface area contributed by atoms with Gasteiger partial charge in [0.1, 0.15) is 5.60 Å². The van der Waals surface area contributed by atoms with Crippen molar-refractivity contribution in [3.63, 3.8) is 0 Å². The fourth-order valence-electron chi connectivity index (χ4n) is 2.92. The van der Waals surface area contributed by atoms with Crippen molar-refractivity contribution in [2.24, 2.45) is 5.92 Å². The molecule has 5 nitrogen and oxygen atoms in total. The summed E-state index contributed by atoms with van der Waals surface area (Å²) < 4.78 is 7.70. The Morgan fingerprint density at radius 1 is 1.38 bits per heavy atom.